The van der Waals surface area contributed by atoms with Crippen molar-refractivity contribution in [3.8, 4) is 0 Å². The molecule has 0 aliphatic carbocycles. The predicted molar refractivity (Wildman–Crippen MR) is 70.4 cm³/mol. The average Bonchev–Trinajstić information content (AvgIpc) is 2.86. The van der Waals surface area contributed by atoms with Crippen LogP contribution in [0, 0.1) is 0 Å². The highest BCUT2D eigenvalue weighted by Gasteiger charge is 2.26. The van der Waals surface area contributed by atoms with Gasteiger partial charge in [-0.3, -0.25) is 19.0 Å². The Balaban J connectivity index is 2.22. The number of amides is 1. The minimum Gasteiger partial charge on any atom is -0.481 e. The molecule has 1 aromatic rings. The van der Waals surface area contributed by atoms with Crippen LogP contribution < -0.4 is 10.9 Å². The molecule has 0 saturated heterocycles. The lowest BCUT2D eigenvalue weighted by Crippen LogP contribution is -2.44. The summed E-state index contributed by atoms with van der Waals surface area (Å²) in [5, 5.41) is 20.0. The van der Waals surface area contributed by atoms with Crippen molar-refractivity contribution in [2.24, 2.45) is 0 Å². The van der Waals surface area contributed by atoms with Crippen LogP contribution in [0.3, 0.4) is 0 Å². The van der Waals surface area contributed by atoms with Gasteiger partial charge in [-0.05, 0) is 0 Å². The number of carbonyl (C=O) groups excluding carboxylic acids is 1. The van der Waals surface area contributed by atoms with Crippen molar-refractivity contribution in [2.45, 2.75) is 24.2 Å². The fourth-order valence-corrected chi connectivity index (χ4v) is 2.70. The Morgan fingerprint density at radius 2 is 2.14 bits per heavy atom. The lowest BCUT2D eigenvalue weighted by atomic mass is 10.2. The van der Waals surface area contributed by atoms with Crippen molar-refractivity contribution >= 4 is 29.6 Å². The highest BCUT2D eigenvalue weighted by atomic mass is 32.2. The molecule has 1 amide bonds. The zero-order valence-corrected chi connectivity index (χ0v) is 11.4. The van der Waals surface area contributed by atoms with Crippen LogP contribution in [0.2, 0.25) is 0 Å². The van der Waals surface area contributed by atoms with Crippen molar-refractivity contribution in [3.63, 3.8) is 0 Å². The minimum absolute atomic E-state index is 0.308. The molecule has 0 saturated carbocycles. The quantitative estimate of drug-likeness (QED) is 0.589. The maximum absolute atomic E-state index is 12.1. The second-order valence-corrected chi connectivity index (χ2v) is 5.28. The summed E-state index contributed by atoms with van der Waals surface area (Å²) in [5.41, 5.74) is -0.875. The topological polar surface area (TPSA) is 139 Å². The monoisotopic (exact) mass is 313 g/mol. The average molecular weight is 313 g/mol. The Morgan fingerprint density at radius 3 is 2.76 bits per heavy atom. The molecule has 21 heavy (non-hydrogen) atoms. The van der Waals surface area contributed by atoms with E-state index in [9.17, 15) is 19.2 Å². The van der Waals surface area contributed by atoms with Crippen LogP contribution in [0.1, 0.15) is 16.8 Å². The molecule has 0 radical (unpaired) electrons. The number of aromatic nitrogens is 2. The molecule has 0 aromatic carbocycles. The number of rotatable bonds is 5. The Kier molecular flexibility index (Phi) is 4.26. The van der Waals surface area contributed by atoms with E-state index in [4.69, 9.17) is 10.2 Å². The molecule has 2 rings (SSSR count). The first-order chi connectivity index (χ1) is 9.90. The third-order valence-electron chi connectivity index (χ3n) is 2.78. The van der Waals surface area contributed by atoms with Gasteiger partial charge in [0.2, 0.25) is 0 Å². The van der Waals surface area contributed by atoms with E-state index in [2.05, 4.69) is 4.98 Å². The van der Waals surface area contributed by atoms with Gasteiger partial charge in [-0.2, -0.15) is 0 Å². The maximum atomic E-state index is 12.1. The lowest BCUT2D eigenvalue weighted by molar-refractivity contribution is -0.145. The third kappa shape index (κ3) is 3.21. The summed E-state index contributed by atoms with van der Waals surface area (Å²) in [7, 11) is 0. The standard InChI is InChI=1S/C11H11N3O6S/c15-7(16)3-6(10(19)20)13-8(17)5-4-12-11-14(9(5)18)1-2-21-11/h4,6H,1-3H2,(H,13,17)(H,15,16)(H,19,20)/t6-/m0/s1. The molecule has 1 atom stereocenters. The van der Waals surface area contributed by atoms with Gasteiger partial charge in [0.1, 0.15) is 11.6 Å². The number of fused-ring (bicyclic) bond motifs is 1. The maximum Gasteiger partial charge on any atom is 0.326 e. The number of carbonyl (C=O) groups is 3. The Hall–Kier alpha value is -2.36. The van der Waals surface area contributed by atoms with Gasteiger partial charge in [0, 0.05) is 18.5 Å². The van der Waals surface area contributed by atoms with E-state index in [0.29, 0.717) is 17.5 Å². The van der Waals surface area contributed by atoms with Crippen LogP contribution in [-0.2, 0) is 16.1 Å². The molecule has 1 aromatic heterocycles. The van der Waals surface area contributed by atoms with E-state index >= 15 is 0 Å². The molecule has 1 aliphatic rings. The molecule has 0 spiro atoms. The van der Waals surface area contributed by atoms with Crippen LogP contribution in [0.4, 0.5) is 0 Å². The number of hydrogen-bond acceptors (Lipinski definition) is 6. The van der Waals surface area contributed by atoms with E-state index in [1.165, 1.54) is 16.3 Å². The van der Waals surface area contributed by atoms with Crippen molar-refractivity contribution in [3.05, 3.63) is 22.1 Å². The lowest BCUT2D eigenvalue weighted by Gasteiger charge is -2.12. The van der Waals surface area contributed by atoms with E-state index in [1.54, 1.807) is 0 Å². The Bertz CT molecular complexity index is 670. The van der Waals surface area contributed by atoms with Crippen molar-refractivity contribution < 1.29 is 24.6 Å². The van der Waals surface area contributed by atoms with Crippen LogP contribution >= 0.6 is 11.8 Å². The molecule has 112 valence electrons. The van der Waals surface area contributed by atoms with Crippen molar-refractivity contribution in [2.75, 3.05) is 5.75 Å². The number of hydrogen-bond donors (Lipinski definition) is 3. The van der Waals surface area contributed by atoms with Gasteiger partial charge < -0.3 is 15.5 Å². The van der Waals surface area contributed by atoms with Gasteiger partial charge in [-0.1, -0.05) is 11.8 Å². The normalized spacial score (nSPS) is 14.3. The minimum atomic E-state index is -1.61. The second kappa shape index (κ2) is 5.95. The zero-order chi connectivity index (χ0) is 15.6. The molecular weight excluding hydrogens is 302 g/mol. The molecule has 1 aliphatic heterocycles. The predicted octanol–water partition coefficient (Wildman–Crippen LogP) is -0.993. The summed E-state index contributed by atoms with van der Waals surface area (Å²) in [6.07, 6.45) is 0.290. The molecule has 3 N–H and O–H groups in total. The van der Waals surface area contributed by atoms with E-state index in [1.807, 2.05) is 5.32 Å². The van der Waals surface area contributed by atoms with Gasteiger partial charge in [-0.15, -0.1) is 0 Å². The molecule has 0 bridgehead atoms. The third-order valence-corrected chi connectivity index (χ3v) is 3.75. The fourth-order valence-electron chi connectivity index (χ4n) is 1.78. The first kappa shape index (κ1) is 15.0. The summed E-state index contributed by atoms with van der Waals surface area (Å²) in [4.78, 5) is 49.4. The van der Waals surface area contributed by atoms with Crippen molar-refractivity contribution in [1.29, 1.82) is 0 Å². The molecule has 9 nitrogen and oxygen atoms in total. The summed E-state index contributed by atoms with van der Waals surface area (Å²) in [6, 6.07) is -1.61. The first-order valence-corrected chi connectivity index (χ1v) is 6.87. The SMILES string of the molecule is O=C(O)C[C@H](NC(=O)c1cnc2n(c1=O)CCS2)C(=O)O. The van der Waals surface area contributed by atoms with Gasteiger partial charge in [0.15, 0.2) is 5.16 Å². The molecule has 2 heterocycles. The van der Waals surface area contributed by atoms with Gasteiger partial charge in [-0.25, -0.2) is 9.78 Å². The molecule has 0 unspecified atom stereocenters. The first-order valence-electron chi connectivity index (χ1n) is 5.88. The number of nitrogens with zero attached hydrogens (tertiary/aromatic N) is 2. The Labute approximate surface area is 122 Å². The number of carboxylic acids is 2. The molecule has 0 fully saturated rings. The van der Waals surface area contributed by atoms with Gasteiger partial charge >= 0.3 is 11.9 Å². The summed E-state index contributed by atoms with van der Waals surface area (Å²) < 4.78 is 1.33. The van der Waals surface area contributed by atoms with Crippen molar-refractivity contribution in [1.82, 2.24) is 14.9 Å². The van der Waals surface area contributed by atoms with Gasteiger partial charge in [0.25, 0.3) is 11.5 Å². The second-order valence-electron chi connectivity index (χ2n) is 4.22. The number of thioether (sulfide) groups is 1. The van der Waals surface area contributed by atoms with Gasteiger partial charge in [0.05, 0.1) is 6.42 Å². The zero-order valence-electron chi connectivity index (χ0n) is 10.6. The Morgan fingerprint density at radius 1 is 1.43 bits per heavy atom. The van der Waals surface area contributed by atoms with Crippen LogP contribution in [0.15, 0.2) is 16.1 Å². The summed E-state index contributed by atoms with van der Waals surface area (Å²) >= 11 is 1.38. The molecule has 10 heteroatoms. The largest absolute Gasteiger partial charge is 0.481 e. The van der Waals surface area contributed by atoms with E-state index in [-0.39, 0.29) is 5.56 Å². The molecular formula is C11H11N3O6S. The number of nitrogens with one attached hydrogen (secondary N) is 1. The highest BCUT2D eigenvalue weighted by Crippen LogP contribution is 2.20. The van der Waals surface area contributed by atoms with E-state index < -0.39 is 35.9 Å². The summed E-state index contributed by atoms with van der Waals surface area (Å²) in [6.45, 7) is 0.421. The highest BCUT2D eigenvalue weighted by molar-refractivity contribution is 7.99. The number of carboxylic acid groups (broad SMARTS) is 2. The smallest absolute Gasteiger partial charge is 0.326 e. The summed E-state index contributed by atoms with van der Waals surface area (Å²) in [5.74, 6) is -3.14. The van der Waals surface area contributed by atoms with Crippen LogP contribution in [0.25, 0.3) is 0 Å². The van der Waals surface area contributed by atoms with E-state index in [0.717, 1.165) is 6.20 Å². The number of aliphatic carboxylic acids is 2. The van der Waals surface area contributed by atoms with Crippen LogP contribution in [0.5, 0.6) is 0 Å². The van der Waals surface area contributed by atoms with Crippen LogP contribution in [-0.4, -0.2) is 49.4 Å². The fraction of sp³-hybridized carbons (Fsp3) is 0.364.